The third kappa shape index (κ3) is 5.97. The van der Waals surface area contributed by atoms with Gasteiger partial charge in [-0.15, -0.1) is 21.5 Å². The van der Waals surface area contributed by atoms with Gasteiger partial charge in [0, 0.05) is 47.6 Å². The summed E-state index contributed by atoms with van der Waals surface area (Å²) in [6.45, 7) is 4.20. The molecule has 1 saturated heterocycles. The molecule has 5 heterocycles. The summed E-state index contributed by atoms with van der Waals surface area (Å²) in [6, 6.07) is 12.7. The molecule has 2 N–H and O–H groups in total. The van der Waals surface area contributed by atoms with Crippen LogP contribution in [0.15, 0.2) is 71.0 Å². The lowest BCUT2D eigenvalue weighted by atomic mass is 9.96. The fourth-order valence-electron chi connectivity index (χ4n) is 5.20. The molecular formula is C30H28N8O4S. The number of rotatable bonds is 8. The molecule has 13 heteroatoms. The summed E-state index contributed by atoms with van der Waals surface area (Å²) < 4.78 is 11.6. The van der Waals surface area contributed by atoms with Gasteiger partial charge in [0.1, 0.15) is 17.0 Å². The van der Waals surface area contributed by atoms with Gasteiger partial charge in [0.05, 0.1) is 11.7 Å². The quantitative estimate of drug-likeness (QED) is 0.261. The lowest BCUT2D eigenvalue weighted by Gasteiger charge is -2.25. The first-order valence-corrected chi connectivity index (χ1v) is 14.5. The molecule has 6 rings (SSSR count). The number of likely N-dealkylation sites (tertiary alicyclic amines) is 1. The van der Waals surface area contributed by atoms with E-state index in [-0.39, 0.29) is 35.8 Å². The van der Waals surface area contributed by atoms with Crippen LogP contribution in [0.3, 0.4) is 0 Å². The highest BCUT2D eigenvalue weighted by atomic mass is 32.1. The summed E-state index contributed by atoms with van der Waals surface area (Å²) in [7, 11) is 0. The molecule has 0 saturated carbocycles. The Morgan fingerprint density at radius 1 is 1.12 bits per heavy atom. The van der Waals surface area contributed by atoms with Gasteiger partial charge in [0.2, 0.25) is 0 Å². The number of carbonyl (C=O) groups excluding carboxylic acids is 2. The van der Waals surface area contributed by atoms with Crippen molar-refractivity contribution in [1.29, 1.82) is 0 Å². The Morgan fingerprint density at radius 2 is 1.88 bits per heavy atom. The van der Waals surface area contributed by atoms with E-state index in [1.165, 1.54) is 6.33 Å². The van der Waals surface area contributed by atoms with Crippen molar-refractivity contribution in [2.75, 3.05) is 6.54 Å². The van der Waals surface area contributed by atoms with Gasteiger partial charge in [-0.25, -0.2) is 24.7 Å². The average molecular weight is 597 g/mol. The van der Waals surface area contributed by atoms with E-state index in [0.29, 0.717) is 23.4 Å². The maximum Gasteiger partial charge on any atom is 0.405 e. The molecule has 43 heavy (non-hydrogen) atoms. The third-order valence-corrected chi connectivity index (χ3v) is 8.23. The highest BCUT2D eigenvalue weighted by molar-refractivity contribution is 7.09. The molecule has 0 aliphatic carbocycles. The molecule has 1 aromatic carbocycles. The number of primary amides is 1. The highest BCUT2D eigenvalue weighted by Gasteiger charge is 2.38. The molecule has 0 radical (unpaired) electrons. The molecule has 12 nitrogen and oxygen atoms in total. The Bertz CT molecular complexity index is 1760. The molecule has 0 bridgehead atoms. The van der Waals surface area contributed by atoms with Crippen LogP contribution in [0.2, 0.25) is 0 Å². The summed E-state index contributed by atoms with van der Waals surface area (Å²) in [5, 5.41) is 11.3. The zero-order valence-electron chi connectivity index (χ0n) is 23.5. The highest BCUT2D eigenvalue weighted by Crippen LogP contribution is 2.36. The second kappa shape index (κ2) is 11.7. The summed E-state index contributed by atoms with van der Waals surface area (Å²) in [5.74, 6) is -0.0848. The van der Waals surface area contributed by atoms with Crippen LogP contribution in [-0.2, 0) is 16.8 Å². The molecular weight excluding hydrogens is 568 g/mol. The minimum Gasteiger partial charge on any atom is -0.433 e. The average Bonchev–Trinajstić information content (AvgIpc) is 3.78. The van der Waals surface area contributed by atoms with Crippen LogP contribution in [0.1, 0.15) is 58.3 Å². The van der Waals surface area contributed by atoms with E-state index < -0.39 is 11.7 Å². The molecule has 1 aliphatic heterocycles. The predicted molar refractivity (Wildman–Crippen MR) is 157 cm³/mol. The maximum absolute atomic E-state index is 14.0. The van der Waals surface area contributed by atoms with Crippen molar-refractivity contribution in [2.45, 2.75) is 44.8 Å². The van der Waals surface area contributed by atoms with Crippen molar-refractivity contribution < 1.29 is 18.7 Å². The van der Waals surface area contributed by atoms with Crippen LogP contribution in [0.25, 0.3) is 22.8 Å². The summed E-state index contributed by atoms with van der Waals surface area (Å²) in [6.07, 6.45) is 5.61. The fourth-order valence-corrected chi connectivity index (χ4v) is 6.15. The molecule has 0 spiro atoms. The molecule has 2 atom stereocenters. The number of aryl methyl sites for hydroxylation is 1. The second-order valence-electron chi connectivity index (χ2n) is 10.5. The van der Waals surface area contributed by atoms with Crippen molar-refractivity contribution in [2.24, 2.45) is 5.73 Å². The molecule has 218 valence electrons. The first-order chi connectivity index (χ1) is 20.8. The lowest BCUT2D eigenvalue weighted by molar-refractivity contribution is 0.00732. The van der Waals surface area contributed by atoms with Crippen LogP contribution in [0, 0.1) is 6.92 Å². The second-order valence-corrected chi connectivity index (χ2v) is 11.4. The number of amides is 2. The zero-order chi connectivity index (χ0) is 30.0. The number of nitrogens with two attached hydrogens (primary N) is 1. The van der Waals surface area contributed by atoms with Crippen molar-refractivity contribution in [3.05, 3.63) is 94.3 Å². The van der Waals surface area contributed by atoms with Gasteiger partial charge in [-0.2, -0.15) is 0 Å². The van der Waals surface area contributed by atoms with Crippen molar-refractivity contribution >= 4 is 23.3 Å². The predicted octanol–water partition coefficient (Wildman–Crippen LogP) is 4.88. The number of aromatic nitrogens is 6. The van der Waals surface area contributed by atoms with Crippen LogP contribution < -0.4 is 5.73 Å². The van der Waals surface area contributed by atoms with E-state index >= 15 is 0 Å². The van der Waals surface area contributed by atoms with E-state index in [4.69, 9.17) is 19.9 Å². The van der Waals surface area contributed by atoms with Crippen LogP contribution >= 0.6 is 11.3 Å². The Morgan fingerprint density at radius 3 is 2.60 bits per heavy atom. The van der Waals surface area contributed by atoms with E-state index in [2.05, 4.69) is 25.1 Å². The Hall–Kier alpha value is -5.04. The number of nitrogens with zero attached hydrogens (tertiary/aromatic N) is 7. The SMILES string of the molecule is Cc1csc([C@H]2CCCN2C(=O)c2cc(-c3cncnc3)nc(-c3nnc([C@@](C)(Cc4ccccc4)OC(N)=O)o3)c2)n1. The largest absolute Gasteiger partial charge is 0.433 e. The number of thiazole rings is 1. The van der Waals surface area contributed by atoms with Crippen molar-refractivity contribution in [3.63, 3.8) is 0 Å². The van der Waals surface area contributed by atoms with Gasteiger partial charge in [-0.3, -0.25) is 4.79 Å². The van der Waals surface area contributed by atoms with E-state index in [0.717, 1.165) is 29.1 Å². The Labute approximate surface area is 251 Å². The van der Waals surface area contributed by atoms with Gasteiger partial charge in [-0.05, 0) is 44.4 Å². The number of ether oxygens (including phenoxy) is 1. The summed E-state index contributed by atoms with van der Waals surface area (Å²) in [5.41, 5.74) is 7.61. The molecule has 4 aromatic heterocycles. The topological polar surface area (TPSA) is 163 Å². The Kier molecular flexibility index (Phi) is 7.63. The van der Waals surface area contributed by atoms with Crippen LogP contribution in [-0.4, -0.2) is 53.6 Å². The minimum absolute atomic E-state index is 0.0343. The van der Waals surface area contributed by atoms with Gasteiger partial charge < -0.3 is 19.8 Å². The van der Waals surface area contributed by atoms with Crippen LogP contribution in [0.4, 0.5) is 4.79 Å². The molecule has 0 unspecified atom stereocenters. The lowest BCUT2D eigenvalue weighted by Crippen LogP contribution is -2.34. The van der Waals surface area contributed by atoms with E-state index in [9.17, 15) is 9.59 Å². The number of hydrogen-bond donors (Lipinski definition) is 1. The van der Waals surface area contributed by atoms with Gasteiger partial charge in [0.15, 0.2) is 5.60 Å². The maximum atomic E-state index is 14.0. The number of pyridine rings is 1. The van der Waals surface area contributed by atoms with Gasteiger partial charge in [0.25, 0.3) is 17.7 Å². The first-order valence-electron chi connectivity index (χ1n) is 13.7. The summed E-state index contributed by atoms with van der Waals surface area (Å²) in [4.78, 5) is 45.3. The monoisotopic (exact) mass is 596 g/mol. The van der Waals surface area contributed by atoms with E-state index in [1.54, 1.807) is 42.8 Å². The normalized spacial score (nSPS) is 16.1. The standard InChI is InChI=1S/C30H28N8O4S/c1-18-16-43-26(34-18)24-9-6-10-38(24)27(39)20-11-22(21-14-32-17-33-15-21)35-23(12-20)25-36-37-28(41-25)30(2,42-29(31)40)13-19-7-4-3-5-8-19/h3-5,7-8,11-12,14-17,24H,6,9-10,13H2,1-2H3,(H2,31,40)/t24-,30-/m1/s1. The van der Waals surface area contributed by atoms with Gasteiger partial charge in [-0.1, -0.05) is 30.3 Å². The van der Waals surface area contributed by atoms with Crippen molar-refractivity contribution in [3.8, 4) is 22.8 Å². The molecule has 2 amide bonds. The number of hydrogen-bond acceptors (Lipinski definition) is 11. The third-order valence-electron chi connectivity index (χ3n) is 7.17. The number of benzene rings is 1. The Balaban J connectivity index is 1.39. The minimum atomic E-state index is -1.35. The number of carbonyl (C=O) groups is 2. The molecule has 1 aliphatic rings. The zero-order valence-corrected chi connectivity index (χ0v) is 24.3. The smallest absolute Gasteiger partial charge is 0.405 e. The molecule has 5 aromatic rings. The van der Waals surface area contributed by atoms with Crippen molar-refractivity contribution in [1.82, 2.24) is 35.0 Å². The van der Waals surface area contributed by atoms with Gasteiger partial charge >= 0.3 is 6.09 Å². The summed E-state index contributed by atoms with van der Waals surface area (Å²) >= 11 is 1.56. The molecule has 1 fully saturated rings. The first kappa shape index (κ1) is 28.1. The fraction of sp³-hybridized carbons (Fsp3) is 0.267. The van der Waals surface area contributed by atoms with E-state index in [1.807, 2.05) is 47.5 Å². The van der Waals surface area contributed by atoms with Crippen LogP contribution in [0.5, 0.6) is 0 Å².